The molecule has 5 nitrogen and oxygen atoms in total. The molecule has 1 aliphatic carbocycles. The molecule has 1 aromatic heterocycles. The van der Waals surface area contributed by atoms with Gasteiger partial charge in [-0.2, -0.15) is 5.10 Å². The Balaban J connectivity index is 2.07. The van der Waals surface area contributed by atoms with Crippen molar-refractivity contribution in [1.29, 1.82) is 0 Å². The molecule has 24 heavy (non-hydrogen) atoms. The molecule has 0 saturated heterocycles. The minimum absolute atomic E-state index is 0.273. The zero-order chi connectivity index (χ0) is 18.0. The first kappa shape index (κ1) is 18.9. The van der Waals surface area contributed by atoms with Gasteiger partial charge in [0.05, 0.1) is 11.6 Å². The van der Waals surface area contributed by atoms with Crippen molar-refractivity contribution in [2.24, 2.45) is 0 Å². The van der Waals surface area contributed by atoms with Gasteiger partial charge in [0.25, 0.3) is 0 Å². The molecule has 0 aromatic carbocycles. The predicted molar refractivity (Wildman–Crippen MR) is 99.7 cm³/mol. The van der Waals surface area contributed by atoms with E-state index < -0.39 is 13.5 Å². The molecule has 0 amide bonds. The van der Waals surface area contributed by atoms with Crippen LogP contribution in [0.25, 0.3) is 0 Å². The van der Waals surface area contributed by atoms with Crippen LogP contribution in [-0.4, -0.2) is 49.2 Å². The van der Waals surface area contributed by atoms with Crippen molar-refractivity contribution >= 4 is 13.9 Å². The zero-order valence-corrected chi connectivity index (χ0v) is 16.9. The normalized spacial score (nSPS) is 23.2. The molecule has 2 rings (SSSR count). The van der Waals surface area contributed by atoms with Crippen LogP contribution in [0, 0.1) is 0 Å². The number of Topliss-reactive ketones (excluding diaryl/α,β-unsaturated/α-hetero) is 1. The summed E-state index contributed by atoms with van der Waals surface area (Å²) in [5, 5.41) is 4.40. The monoisotopic (exact) mass is 349 g/mol. The summed E-state index contributed by atoms with van der Waals surface area (Å²) in [5.41, 5.74) is 1.57. The van der Waals surface area contributed by atoms with Crippen molar-refractivity contribution in [3.05, 3.63) is 29.7 Å². The first-order valence-electron chi connectivity index (χ1n) is 8.64. The molecule has 6 heteroatoms. The molecule has 1 aromatic rings. The van der Waals surface area contributed by atoms with Gasteiger partial charge in [0.2, 0.25) is 0 Å². The lowest BCUT2D eigenvalue weighted by molar-refractivity contribution is -0.121. The predicted octanol–water partition coefficient (Wildman–Crippen LogP) is 3.26. The summed E-state index contributed by atoms with van der Waals surface area (Å²) >= 11 is 0. The highest BCUT2D eigenvalue weighted by Crippen LogP contribution is 2.42. The van der Waals surface area contributed by atoms with E-state index in [4.69, 9.17) is 4.74 Å². The molecule has 1 aliphatic rings. The number of allylic oxidation sites excluding steroid dienone is 1. The number of hydrogen-bond acceptors (Lipinski definition) is 4. The highest BCUT2D eigenvalue weighted by atomic mass is 28.3. The molecule has 1 heterocycles. The van der Waals surface area contributed by atoms with Crippen molar-refractivity contribution in [1.82, 2.24) is 14.7 Å². The fourth-order valence-electron chi connectivity index (χ4n) is 3.01. The number of ketones is 1. The summed E-state index contributed by atoms with van der Waals surface area (Å²) in [6.45, 7) is 10.3. The summed E-state index contributed by atoms with van der Waals surface area (Å²) in [6.07, 6.45) is 7.28. The largest absolute Gasteiger partial charge is 0.383 e. The van der Waals surface area contributed by atoms with Gasteiger partial charge in [-0.15, -0.1) is 0 Å². The molecular formula is C18H31N3O2Si. The van der Waals surface area contributed by atoms with Crippen LogP contribution in [0.5, 0.6) is 0 Å². The maximum atomic E-state index is 12.5. The van der Waals surface area contributed by atoms with E-state index in [2.05, 4.69) is 30.9 Å². The molecule has 0 N–H and O–H groups in total. The highest BCUT2D eigenvalue weighted by Gasteiger charge is 2.44. The van der Waals surface area contributed by atoms with Crippen molar-refractivity contribution in [3.63, 3.8) is 0 Å². The minimum atomic E-state index is -1.07. The Morgan fingerprint density at radius 3 is 2.71 bits per heavy atom. The maximum absolute atomic E-state index is 12.5. The molecular weight excluding hydrogens is 318 g/mol. The molecule has 134 valence electrons. The molecule has 0 aliphatic heterocycles. The van der Waals surface area contributed by atoms with E-state index in [1.807, 2.05) is 38.3 Å². The molecule has 1 fully saturated rings. The second-order valence-corrected chi connectivity index (χ2v) is 13.9. The summed E-state index contributed by atoms with van der Waals surface area (Å²) < 4.78 is 7.55. The van der Waals surface area contributed by atoms with Gasteiger partial charge >= 0.3 is 0 Å². The van der Waals surface area contributed by atoms with Crippen LogP contribution in [0.4, 0.5) is 0 Å². The van der Waals surface area contributed by atoms with Gasteiger partial charge in [-0.25, -0.2) is 4.68 Å². The summed E-state index contributed by atoms with van der Waals surface area (Å²) in [5.74, 6) is 0.273. The summed E-state index contributed by atoms with van der Waals surface area (Å²) in [6, 6.07) is 1.15. The lowest BCUT2D eigenvalue weighted by atomic mass is 9.79. The van der Waals surface area contributed by atoms with Crippen LogP contribution in [0.3, 0.4) is 0 Å². The fourth-order valence-corrected chi connectivity index (χ4v) is 3.76. The molecule has 0 radical (unpaired) electrons. The number of ether oxygens (including phenoxy) is 1. The average Bonchev–Trinajstić information content (AvgIpc) is 3.03. The van der Waals surface area contributed by atoms with Gasteiger partial charge in [-0.3, -0.25) is 4.79 Å². The van der Waals surface area contributed by atoms with Crippen LogP contribution in [0.1, 0.15) is 25.3 Å². The smallest absolute Gasteiger partial charge is 0.147 e. The zero-order valence-electron chi connectivity index (χ0n) is 15.9. The highest BCUT2D eigenvalue weighted by molar-refractivity contribution is 6.76. The van der Waals surface area contributed by atoms with Crippen LogP contribution in [0.15, 0.2) is 24.2 Å². The van der Waals surface area contributed by atoms with Gasteiger partial charge in [-0.1, -0.05) is 19.6 Å². The van der Waals surface area contributed by atoms with Crippen molar-refractivity contribution in [2.75, 3.05) is 20.7 Å². The first-order chi connectivity index (χ1) is 11.1. The first-order valence-corrected chi connectivity index (χ1v) is 12.4. The molecule has 0 spiro atoms. The van der Waals surface area contributed by atoms with Crippen LogP contribution in [0.2, 0.25) is 25.7 Å². The standard InChI is InChI=1S/C18H31N3O2Si/c1-18(15(12-20(2)3)7-8-17(18)22)16-11-19-21(13-16)14-23-9-10-24(4,5)6/h11-13H,7-10,14H2,1-6H3. The van der Waals surface area contributed by atoms with E-state index in [1.165, 1.54) is 0 Å². The van der Waals surface area contributed by atoms with Crippen LogP contribution in [-0.2, 0) is 21.7 Å². The van der Waals surface area contributed by atoms with Crippen molar-refractivity contribution in [2.45, 2.75) is 57.6 Å². The quantitative estimate of drug-likeness (QED) is 0.560. The minimum Gasteiger partial charge on any atom is -0.383 e. The second kappa shape index (κ2) is 7.23. The topological polar surface area (TPSA) is 47.4 Å². The number of carbonyl (C=O) groups excluding carboxylic acids is 1. The Hall–Kier alpha value is -1.40. The second-order valence-electron chi connectivity index (χ2n) is 8.28. The molecule has 1 unspecified atom stereocenters. The number of nitrogens with zero attached hydrogens (tertiary/aromatic N) is 3. The molecule has 1 saturated carbocycles. The third kappa shape index (κ3) is 4.36. The van der Waals surface area contributed by atoms with Gasteiger partial charge in [0.15, 0.2) is 0 Å². The SMILES string of the molecule is CN(C)C=C1CCC(=O)C1(C)c1cnn(COCC[Si](C)(C)C)c1. The van der Waals surface area contributed by atoms with Crippen molar-refractivity contribution < 1.29 is 9.53 Å². The number of aromatic nitrogens is 2. The summed E-state index contributed by atoms with van der Waals surface area (Å²) in [7, 11) is 2.92. The number of rotatable bonds is 7. The van der Waals surface area contributed by atoms with Gasteiger partial charge in [0.1, 0.15) is 12.5 Å². The Labute approximate surface area is 146 Å². The van der Waals surface area contributed by atoms with E-state index in [0.717, 1.165) is 30.2 Å². The Bertz CT molecular complexity index is 616. The average molecular weight is 350 g/mol. The number of hydrogen-bond donors (Lipinski definition) is 0. The third-order valence-corrected chi connectivity index (χ3v) is 6.37. The Morgan fingerprint density at radius 1 is 1.38 bits per heavy atom. The summed E-state index contributed by atoms with van der Waals surface area (Å²) in [4.78, 5) is 14.6. The lowest BCUT2D eigenvalue weighted by Crippen LogP contribution is -2.29. The molecule has 0 bridgehead atoms. The fraction of sp³-hybridized carbons (Fsp3) is 0.667. The maximum Gasteiger partial charge on any atom is 0.147 e. The van der Waals surface area contributed by atoms with Gasteiger partial charge in [0, 0.05) is 47.0 Å². The van der Waals surface area contributed by atoms with Crippen LogP contribution >= 0.6 is 0 Å². The molecule has 1 atom stereocenters. The van der Waals surface area contributed by atoms with Crippen molar-refractivity contribution in [3.8, 4) is 0 Å². The van der Waals surface area contributed by atoms with E-state index in [9.17, 15) is 4.79 Å². The van der Waals surface area contributed by atoms with Gasteiger partial charge < -0.3 is 9.64 Å². The van der Waals surface area contributed by atoms with E-state index in [1.54, 1.807) is 4.68 Å². The van der Waals surface area contributed by atoms with E-state index in [-0.39, 0.29) is 5.78 Å². The Morgan fingerprint density at radius 2 is 2.08 bits per heavy atom. The number of carbonyl (C=O) groups is 1. The Kier molecular flexibility index (Phi) is 5.70. The van der Waals surface area contributed by atoms with Crippen LogP contribution < -0.4 is 0 Å². The van der Waals surface area contributed by atoms with Gasteiger partial charge in [-0.05, 0) is 31.2 Å². The van der Waals surface area contributed by atoms with E-state index in [0.29, 0.717) is 13.2 Å². The van der Waals surface area contributed by atoms with E-state index >= 15 is 0 Å². The third-order valence-electron chi connectivity index (χ3n) is 4.67. The lowest BCUT2D eigenvalue weighted by Gasteiger charge is -2.24.